The lowest BCUT2D eigenvalue weighted by Crippen LogP contribution is -2.49. The minimum atomic E-state index is -0.487. The summed E-state index contributed by atoms with van der Waals surface area (Å²) in [5, 5.41) is 12.5. The number of β-amino-alcohol motifs (C(OH)–C–C–N with tert-alkyl or cyclic N) is 1. The highest BCUT2D eigenvalue weighted by Gasteiger charge is 2.27. The average Bonchev–Trinajstić information content (AvgIpc) is 2.47. The molecule has 0 spiro atoms. The number of carbonyl (C=O) groups is 1. The largest absolute Gasteiger partial charge is 0.497 e. The van der Waals surface area contributed by atoms with Gasteiger partial charge in [0.15, 0.2) is 0 Å². The number of ether oxygens (including phenoxy) is 1. The van der Waals surface area contributed by atoms with Crippen molar-refractivity contribution in [3.8, 4) is 5.75 Å². The van der Waals surface area contributed by atoms with Gasteiger partial charge >= 0.3 is 6.03 Å². The highest BCUT2D eigenvalue weighted by molar-refractivity contribution is 5.74. The molecule has 116 valence electrons. The summed E-state index contributed by atoms with van der Waals surface area (Å²) < 4.78 is 18.3. The second kappa shape index (κ2) is 6.76. The Bertz CT molecular complexity index is 510. The quantitative estimate of drug-likeness (QED) is 0.893. The average molecular weight is 296 g/mol. The molecule has 2 rings (SSSR count). The molecule has 1 aliphatic rings. The zero-order chi connectivity index (χ0) is 15.4. The van der Waals surface area contributed by atoms with Crippen molar-refractivity contribution in [1.29, 1.82) is 0 Å². The molecule has 2 N–H and O–H groups in total. The Kier molecular flexibility index (Phi) is 5.01. The van der Waals surface area contributed by atoms with Crippen LogP contribution >= 0.6 is 0 Å². The number of nitrogens with zero attached hydrogens (tertiary/aromatic N) is 1. The number of methoxy groups -OCH3 is 1. The van der Waals surface area contributed by atoms with Gasteiger partial charge < -0.3 is 20.1 Å². The maximum atomic E-state index is 13.4. The summed E-state index contributed by atoms with van der Waals surface area (Å²) in [7, 11) is 1.47. The molecule has 0 bridgehead atoms. The molecule has 1 heterocycles. The number of aliphatic hydroxyl groups excluding tert-OH is 1. The van der Waals surface area contributed by atoms with Gasteiger partial charge in [-0.15, -0.1) is 0 Å². The van der Waals surface area contributed by atoms with Gasteiger partial charge in [-0.25, -0.2) is 9.18 Å². The number of nitrogens with one attached hydrogen (secondary N) is 1. The number of rotatable bonds is 3. The van der Waals surface area contributed by atoms with Crippen molar-refractivity contribution in [2.75, 3.05) is 20.2 Å². The van der Waals surface area contributed by atoms with Crippen LogP contribution in [0.3, 0.4) is 0 Å². The molecule has 2 unspecified atom stereocenters. The van der Waals surface area contributed by atoms with Crippen molar-refractivity contribution < 1.29 is 19.0 Å². The molecule has 21 heavy (non-hydrogen) atoms. The normalized spacial score (nSPS) is 22.0. The van der Waals surface area contributed by atoms with Crippen molar-refractivity contribution in [2.45, 2.75) is 26.0 Å². The Balaban J connectivity index is 1.91. The van der Waals surface area contributed by atoms with E-state index in [1.807, 2.05) is 6.92 Å². The Hall–Kier alpha value is -1.82. The minimum absolute atomic E-state index is 0.210. The van der Waals surface area contributed by atoms with Crippen LogP contribution in [0.1, 0.15) is 18.9 Å². The van der Waals surface area contributed by atoms with Crippen LogP contribution in [-0.4, -0.2) is 42.3 Å². The van der Waals surface area contributed by atoms with E-state index in [1.165, 1.54) is 19.2 Å². The Morgan fingerprint density at radius 2 is 2.29 bits per heavy atom. The van der Waals surface area contributed by atoms with Gasteiger partial charge in [-0.05, 0) is 30.0 Å². The lowest BCUT2D eigenvalue weighted by atomic mass is 9.96. The topological polar surface area (TPSA) is 61.8 Å². The first kappa shape index (κ1) is 15.6. The summed E-state index contributed by atoms with van der Waals surface area (Å²) >= 11 is 0. The van der Waals surface area contributed by atoms with Crippen LogP contribution in [0.5, 0.6) is 5.75 Å². The fraction of sp³-hybridized carbons (Fsp3) is 0.533. The lowest BCUT2D eigenvalue weighted by Gasteiger charge is -2.34. The van der Waals surface area contributed by atoms with Gasteiger partial charge in [-0.3, -0.25) is 0 Å². The van der Waals surface area contributed by atoms with Gasteiger partial charge in [0.1, 0.15) is 11.6 Å². The number of carbonyl (C=O) groups excluding carboxylic acids is 1. The van der Waals surface area contributed by atoms with Gasteiger partial charge in [-0.2, -0.15) is 0 Å². The lowest BCUT2D eigenvalue weighted by molar-refractivity contribution is 0.0435. The predicted molar refractivity (Wildman–Crippen MR) is 76.5 cm³/mol. The van der Waals surface area contributed by atoms with E-state index in [-0.39, 0.29) is 18.5 Å². The molecule has 2 atom stereocenters. The maximum Gasteiger partial charge on any atom is 0.317 e. The summed E-state index contributed by atoms with van der Waals surface area (Å²) in [5.74, 6) is 0.226. The third-order valence-corrected chi connectivity index (χ3v) is 3.82. The van der Waals surface area contributed by atoms with Crippen molar-refractivity contribution >= 4 is 6.03 Å². The highest BCUT2D eigenvalue weighted by Crippen LogP contribution is 2.18. The molecule has 5 nitrogen and oxygen atoms in total. The number of hydrogen-bond acceptors (Lipinski definition) is 3. The van der Waals surface area contributed by atoms with E-state index in [0.717, 1.165) is 6.42 Å². The second-order valence-electron chi connectivity index (χ2n) is 5.44. The van der Waals surface area contributed by atoms with Gasteiger partial charge in [0.25, 0.3) is 0 Å². The molecule has 1 saturated heterocycles. The molecule has 1 aromatic carbocycles. The summed E-state index contributed by atoms with van der Waals surface area (Å²) in [6, 6.07) is 4.07. The first-order chi connectivity index (χ1) is 9.99. The van der Waals surface area contributed by atoms with Gasteiger partial charge in [-0.1, -0.05) is 6.92 Å². The van der Waals surface area contributed by atoms with E-state index in [9.17, 15) is 14.3 Å². The number of aliphatic hydroxyl groups is 1. The SMILES string of the molecule is COc1cc(F)cc(CNC(=O)N2CCC(C)C(O)C2)c1. The van der Waals surface area contributed by atoms with Crippen LogP contribution in [0.25, 0.3) is 0 Å². The zero-order valence-electron chi connectivity index (χ0n) is 12.3. The standard InChI is InChI=1S/C15H21FN2O3/c1-10-3-4-18(9-14(10)19)15(20)17-8-11-5-12(16)7-13(6-11)21-2/h5-7,10,14,19H,3-4,8-9H2,1-2H3,(H,17,20). The van der Waals surface area contributed by atoms with Gasteiger partial charge in [0, 0.05) is 25.7 Å². The van der Waals surface area contributed by atoms with E-state index in [2.05, 4.69) is 5.32 Å². The number of piperidine rings is 1. The van der Waals surface area contributed by atoms with Crippen LogP contribution < -0.4 is 10.1 Å². The fourth-order valence-corrected chi connectivity index (χ4v) is 2.36. The van der Waals surface area contributed by atoms with Crippen molar-refractivity contribution in [2.24, 2.45) is 5.92 Å². The van der Waals surface area contributed by atoms with Crippen LogP contribution in [0.15, 0.2) is 18.2 Å². The van der Waals surface area contributed by atoms with E-state index in [0.29, 0.717) is 24.4 Å². The fourth-order valence-electron chi connectivity index (χ4n) is 2.36. The molecule has 2 amide bonds. The zero-order valence-corrected chi connectivity index (χ0v) is 12.3. The summed E-state index contributed by atoms with van der Waals surface area (Å²) in [6.07, 6.45) is 0.293. The smallest absolute Gasteiger partial charge is 0.317 e. The molecule has 0 saturated carbocycles. The first-order valence-corrected chi connectivity index (χ1v) is 7.04. The first-order valence-electron chi connectivity index (χ1n) is 7.04. The molecular weight excluding hydrogens is 275 g/mol. The molecule has 0 aromatic heterocycles. The maximum absolute atomic E-state index is 13.4. The number of hydrogen-bond donors (Lipinski definition) is 2. The van der Waals surface area contributed by atoms with E-state index in [1.54, 1.807) is 11.0 Å². The molecular formula is C15H21FN2O3. The predicted octanol–water partition coefficient (Wildman–Crippen LogP) is 1.75. The van der Waals surface area contributed by atoms with Crippen LogP contribution in [-0.2, 0) is 6.54 Å². The number of urea groups is 1. The molecule has 1 aliphatic heterocycles. The molecule has 1 fully saturated rings. The van der Waals surface area contributed by atoms with Crippen LogP contribution in [0.4, 0.5) is 9.18 Å². The molecule has 0 radical (unpaired) electrons. The van der Waals surface area contributed by atoms with Crippen molar-refractivity contribution in [3.05, 3.63) is 29.6 Å². The summed E-state index contributed by atoms with van der Waals surface area (Å²) in [6.45, 7) is 3.14. The molecule has 0 aliphatic carbocycles. The monoisotopic (exact) mass is 296 g/mol. The Morgan fingerprint density at radius 3 is 2.95 bits per heavy atom. The third-order valence-electron chi connectivity index (χ3n) is 3.82. The number of amides is 2. The Labute approximate surface area is 123 Å². The van der Waals surface area contributed by atoms with E-state index >= 15 is 0 Å². The van der Waals surface area contributed by atoms with Crippen LogP contribution in [0, 0.1) is 11.7 Å². The molecule has 1 aromatic rings. The van der Waals surface area contributed by atoms with Crippen molar-refractivity contribution in [3.63, 3.8) is 0 Å². The minimum Gasteiger partial charge on any atom is -0.497 e. The van der Waals surface area contributed by atoms with E-state index in [4.69, 9.17) is 4.74 Å². The third kappa shape index (κ3) is 4.07. The Morgan fingerprint density at radius 1 is 1.52 bits per heavy atom. The van der Waals surface area contributed by atoms with Gasteiger partial charge in [0.2, 0.25) is 0 Å². The molecule has 6 heteroatoms. The number of likely N-dealkylation sites (tertiary alicyclic amines) is 1. The second-order valence-corrected chi connectivity index (χ2v) is 5.44. The highest BCUT2D eigenvalue weighted by atomic mass is 19.1. The summed E-state index contributed by atoms with van der Waals surface area (Å²) in [4.78, 5) is 13.6. The number of benzene rings is 1. The summed E-state index contributed by atoms with van der Waals surface area (Å²) in [5.41, 5.74) is 0.631. The van der Waals surface area contributed by atoms with Crippen molar-refractivity contribution in [1.82, 2.24) is 10.2 Å². The number of halogens is 1. The van der Waals surface area contributed by atoms with Crippen LogP contribution in [0.2, 0.25) is 0 Å². The van der Waals surface area contributed by atoms with Gasteiger partial charge in [0.05, 0.1) is 13.2 Å². The van der Waals surface area contributed by atoms with E-state index < -0.39 is 11.9 Å².